The van der Waals surface area contributed by atoms with Crippen molar-refractivity contribution in [2.75, 3.05) is 6.54 Å². The molecule has 0 saturated heterocycles. The third-order valence-corrected chi connectivity index (χ3v) is 3.16. The predicted octanol–water partition coefficient (Wildman–Crippen LogP) is 1.60. The van der Waals surface area contributed by atoms with Crippen LogP contribution in [0.5, 0.6) is 0 Å². The van der Waals surface area contributed by atoms with Crippen molar-refractivity contribution in [2.45, 2.75) is 25.8 Å². The highest BCUT2D eigenvalue weighted by molar-refractivity contribution is 5.94. The first-order chi connectivity index (χ1) is 8.08. The fourth-order valence-corrected chi connectivity index (χ4v) is 1.74. The van der Waals surface area contributed by atoms with Crippen molar-refractivity contribution in [1.82, 2.24) is 5.32 Å². The number of nitrogens with one attached hydrogen (secondary N) is 1. The summed E-state index contributed by atoms with van der Waals surface area (Å²) in [7, 11) is 0. The molecule has 1 atom stereocenters. The second kappa shape index (κ2) is 4.84. The molecule has 1 aromatic carbocycles. The van der Waals surface area contributed by atoms with E-state index in [0.717, 1.165) is 12.8 Å². The van der Waals surface area contributed by atoms with Crippen molar-refractivity contribution in [2.24, 2.45) is 11.7 Å². The molecule has 0 heterocycles. The minimum Gasteiger partial charge on any atom is -0.350 e. The molecule has 0 bridgehead atoms. The summed E-state index contributed by atoms with van der Waals surface area (Å²) >= 11 is 0. The van der Waals surface area contributed by atoms with Gasteiger partial charge in [0.05, 0.1) is 0 Å². The van der Waals surface area contributed by atoms with E-state index in [2.05, 4.69) is 5.32 Å². The minimum absolute atomic E-state index is 0.0224. The van der Waals surface area contributed by atoms with Crippen molar-refractivity contribution in [3.05, 3.63) is 35.1 Å². The molecule has 17 heavy (non-hydrogen) atoms. The van der Waals surface area contributed by atoms with Gasteiger partial charge in [-0.1, -0.05) is 6.07 Å². The van der Waals surface area contributed by atoms with Crippen LogP contribution in [0.15, 0.2) is 18.2 Å². The Balaban J connectivity index is 1.92. The minimum atomic E-state index is -0.357. The molecular formula is C13H17FN2O. The van der Waals surface area contributed by atoms with Crippen molar-refractivity contribution < 1.29 is 9.18 Å². The second-order valence-corrected chi connectivity index (χ2v) is 4.68. The largest absolute Gasteiger partial charge is 0.350 e. The highest BCUT2D eigenvalue weighted by Crippen LogP contribution is 2.31. The van der Waals surface area contributed by atoms with Gasteiger partial charge in [0.1, 0.15) is 5.82 Å². The van der Waals surface area contributed by atoms with E-state index >= 15 is 0 Å². The van der Waals surface area contributed by atoms with Gasteiger partial charge < -0.3 is 11.1 Å². The van der Waals surface area contributed by atoms with E-state index in [9.17, 15) is 9.18 Å². The fraction of sp³-hybridized carbons (Fsp3) is 0.462. The lowest BCUT2D eigenvalue weighted by atomic mass is 10.1. The van der Waals surface area contributed by atoms with Gasteiger partial charge in [-0.15, -0.1) is 0 Å². The van der Waals surface area contributed by atoms with Gasteiger partial charge in [-0.25, -0.2) is 4.39 Å². The lowest BCUT2D eigenvalue weighted by molar-refractivity contribution is 0.0950. The lowest BCUT2D eigenvalue weighted by Crippen LogP contribution is -2.38. The maximum Gasteiger partial charge on any atom is 0.251 e. The number of hydrogen-bond acceptors (Lipinski definition) is 2. The summed E-state index contributed by atoms with van der Waals surface area (Å²) < 4.78 is 13.3. The Bertz CT molecular complexity index is 429. The van der Waals surface area contributed by atoms with Crippen molar-refractivity contribution >= 4 is 5.91 Å². The second-order valence-electron chi connectivity index (χ2n) is 4.68. The SMILES string of the molecule is Cc1ccc(C(=O)NCC(N)C2CC2)cc1F. The number of carbonyl (C=O) groups is 1. The number of aryl methyl sites for hydroxylation is 1. The maximum atomic E-state index is 13.3. The first-order valence-electron chi connectivity index (χ1n) is 5.88. The average molecular weight is 236 g/mol. The first-order valence-corrected chi connectivity index (χ1v) is 5.88. The highest BCUT2D eigenvalue weighted by atomic mass is 19.1. The van der Waals surface area contributed by atoms with Crippen LogP contribution in [-0.4, -0.2) is 18.5 Å². The predicted molar refractivity (Wildman–Crippen MR) is 64.2 cm³/mol. The quantitative estimate of drug-likeness (QED) is 0.834. The van der Waals surface area contributed by atoms with Gasteiger partial charge in [0.2, 0.25) is 0 Å². The van der Waals surface area contributed by atoms with E-state index in [4.69, 9.17) is 5.73 Å². The maximum absolute atomic E-state index is 13.3. The van der Waals surface area contributed by atoms with Gasteiger partial charge >= 0.3 is 0 Å². The molecule has 1 saturated carbocycles. The number of carbonyl (C=O) groups excluding carboxylic acids is 1. The molecule has 1 amide bonds. The summed E-state index contributed by atoms with van der Waals surface area (Å²) in [6, 6.07) is 4.50. The summed E-state index contributed by atoms with van der Waals surface area (Å²) in [6.07, 6.45) is 2.30. The van der Waals surface area contributed by atoms with E-state index in [0.29, 0.717) is 23.6 Å². The number of benzene rings is 1. The standard InChI is InChI=1S/C13H17FN2O/c1-8-2-3-10(6-11(8)14)13(17)16-7-12(15)9-4-5-9/h2-3,6,9,12H,4-5,7,15H2,1H3,(H,16,17). The normalized spacial score (nSPS) is 16.6. The van der Waals surface area contributed by atoms with Crippen LogP contribution in [0.3, 0.4) is 0 Å². The number of halogens is 1. The Labute approximate surface area is 100 Å². The van der Waals surface area contributed by atoms with E-state index < -0.39 is 0 Å². The van der Waals surface area contributed by atoms with Crippen LogP contribution in [0.1, 0.15) is 28.8 Å². The third-order valence-electron chi connectivity index (χ3n) is 3.16. The third kappa shape index (κ3) is 3.03. The topological polar surface area (TPSA) is 55.1 Å². The first kappa shape index (κ1) is 12.0. The van der Waals surface area contributed by atoms with E-state index in [1.807, 2.05) is 0 Å². The highest BCUT2D eigenvalue weighted by Gasteiger charge is 2.28. The summed E-state index contributed by atoms with van der Waals surface area (Å²) in [5.41, 5.74) is 6.75. The molecule has 0 aromatic heterocycles. The van der Waals surface area contributed by atoms with Crippen molar-refractivity contribution in [3.8, 4) is 0 Å². The lowest BCUT2D eigenvalue weighted by Gasteiger charge is -2.11. The smallest absolute Gasteiger partial charge is 0.251 e. The van der Waals surface area contributed by atoms with Gasteiger partial charge in [-0.05, 0) is 43.4 Å². The molecule has 1 aliphatic carbocycles. The molecule has 1 aromatic rings. The molecule has 1 aliphatic rings. The average Bonchev–Trinajstić information content (AvgIpc) is 3.13. The molecular weight excluding hydrogens is 219 g/mol. The Morgan fingerprint density at radius 2 is 2.29 bits per heavy atom. The molecule has 2 rings (SSSR count). The zero-order valence-electron chi connectivity index (χ0n) is 9.87. The summed E-state index contributed by atoms with van der Waals surface area (Å²) in [5, 5.41) is 2.74. The fourth-order valence-electron chi connectivity index (χ4n) is 1.74. The molecule has 4 heteroatoms. The molecule has 0 radical (unpaired) electrons. The van der Waals surface area contributed by atoms with Crippen LogP contribution in [-0.2, 0) is 0 Å². The van der Waals surface area contributed by atoms with Gasteiger partial charge in [-0.2, -0.15) is 0 Å². The molecule has 0 aliphatic heterocycles. The molecule has 92 valence electrons. The zero-order valence-corrected chi connectivity index (χ0v) is 9.87. The Morgan fingerprint density at radius 3 is 2.88 bits per heavy atom. The van der Waals surface area contributed by atoms with Gasteiger partial charge in [-0.3, -0.25) is 4.79 Å². The van der Waals surface area contributed by atoms with E-state index in [-0.39, 0.29) is 17.8 Å². The van der Waals surface area contributed by atoms with Crippen molar-refractivity contribution in [3.63, 3.8) is 0 Å². The molecule has 0 spiro atoms. The number of hydrogen-bond donors (Lipinski definition) is 2. The summed E-state index contributed by atoms with van der Waals surface area (Å²) in [6.45, 7) is 2.12. The molecule has 1 fully saturated rings. The number of rotatable bonds is 4. The van der Waals surface area contributed by atoms with Crippen LogP contribution in [0.2, 0.25) is 0 Å². The summed E-state index contributed by atoms with van der Waals surface area (Å²) in [4.78, 5) is 11.7. The zero-order chi connectivity index (χ0) is 12.4. The van der Waals surface area contributed by atoms with E-state index in [1.54, 1.807) is 19.1 Å². The van der Waals surface area contributed by atoms with Gasteiger partial charge in [0, 0.05) is 18.2 Å². The monoisotopic (exact) mass is 236 g/mol. The molecule has 3 nitrogen and oxygen atoms in total. The van der Waals surface area contributed by atoms with Crippen LogP contribution in [0, 0.1) is 18.7 Å². The van der Waals surface area contributed by atoms with Crippen LogP contribution in [0.4, 0.5) is 4.39 Å². The summed E-state index contributed by atoms with van der Waals surface area (Å²) in [5.74, 6) is -0.0748. The Morgan fingerprint density at radius 1 is 1.59 bits per heavy atom. The van der Waals surface area contributed by atoms with Crippen molar-refractivity contribution in [1.29, 1.82) is 0 Å². The van der Waals surface area contributed by atoms with Crippen LogP contribution >= 0.6 is 0 Å². The Kier molecular flexibility index (Phi) is 3.43. The van der Waals surface area contributed by atoms with Gasteiger partial charge in [0.25, 0.3) is 5.91 Å². The van der Waals surface area contributed by atoms with Crippen LogP contribution in [0.25, 0.3) is 0 Å². The Hall–Kier alpha value is -1.42. The number of nitrogens with two attached hydrogens (primary N) is 1. The van der Waals surface area contributed by atoms with Crippen LogP contribution < -0.4 is 11.1 Å². The molecule has 3 N–H and O–H groups in total. The van der Waals surface area contributed by atoms with E-state index in [1.165, 1.54) is 6.07 Å². The number of amides is 1. The molecule has 1 unspecified atom stereocenters. The van der Waals surface area contributed by atoms with Gasteiger partial charge in [0.15, 0.2) is 0 Å².